The molecule has 2 heteroatoms. The van der Waals surface area contributed by atoms with Gasteiger partial charge in [-0.2, -0.15) is 0 Å². The van der Waals surface area contributed by atoms with Gasteiger partial charge in [-0.05, 0) is 61.3 Å². The normalized spacial score (nSPS) is 47.8. The van der Waals surface area contributed by atoms with Crippen LogP contribution >= 0.6 is 0 Å². The summed E-state index contributed by atoms with van der Waals surface area (Å²) in [5.41, 5.74) is 6.18. The summed E-state index contributed by atoms with van der Waals surface area (Å²) in [7, 11) is 0. The smallest absolute Gasteiger partial charge is 0.0136 e. The maximum Gasteiger partial charge on any atom is 0.0136 e. The average Bonchev–Trinajstić information content (AvgIpc) is 2.71. The molecule has 92 valence electrons. The molecule has 0 heterocycles. The summed E-state index contributed by atoms with van der Waals surface area (Å²) in [5, 5.41) is 3.82. The molecule has 5 atom stereocenters. The second kappa shape index (κ2) is 3.71. The summed E-state index contributed by atoms with van der Waals surface area (Å²) < 4.78 is 0. The first-order valence-corrected chi connectivity index (χ1v) is 7.12. The second-order valence-electron chi connectivity index (χ2n) is 6.76. The van der Waals surface area contributed by atoms with E-state index in [9.17, 15) is 0 Å². The van der Waals surface area contributed by atoms with E-state index in [0.717, 1.165) is 42.8 Å². The Morgan fingerprint density at radius 1 is 1.25 bits per heavy atom. The Kier molecular flexibility index (Phi) is 2.56. The Balaban J connectivity index is 1.52. The van der Waals surface area contributed by atoms with Crippen molar-refractivity contribution in [2.24, 2.45) is 34.8 Å². The van der Waals surface area contributed by atoms with E-state index in [2.05, 4.69) is 19.2 Å². The standard InChI is InChI=1S/C14H26N2/c1-3-14(2,7-15)8-16-13-11-9-4-5-10(6-9)12(11)13/h9-13,16H,3-8,15H2,1-2H3. The van der Waals surface area contributed by atoms with Crippen LogP contribution in [0.5, 0.6) is 0 Å². The van der Waals surface area contributed by atoms with Crippen LogP contribution in [0, 0.1) is 29.1 Å². The number of rotatable bonds is 5. The largest absolute Gasteiger partial charge is 0.330 e. The fourth-order valence-electron chi connectivity index (χ4n) is 4.30. The molecule has 0 aliphatic heterocycles. The Hall–Kier alpha value is -0.0800. The predicted molar refractivity (Wildman–Crippen MR) is 67.1 cm³/mol. The maximum absolute atomic E-state index is 5.87. The van der Waals surface area contributed by atoms with E-state index >= 15 is 0 Å². The molecule has 0 saturated heterocycles. The van der Waals surface area contributed by atoms with Gasteiger partial charge in [-0.3, -0.25) is 0 Å². The van der Waals surface area contributed by atoms with Crippen LogP contribution in [0.4, 0.5) is 0 Å². The van der Waals surface area contributed by atoms with E-state index in [-0.39, 0.29) is 0 Å². The van der Waals surface area contributed by atoms with Gasteiger partial charge < -0.3 is 11.1 Å². The van der Waals surface area contributed by atoms with Crippen LogP contribution < -0.4 is 11.1 Å². The van der Waals surface area contributed by atoms with E-state index in [4.69, 9.17) is 5.73 Å². The molecule has 16 heavy (non-hydrogen) atoms. The van der Waals surface area contributed by atoms with Crippen LogP contribution in [0.1, 0.15) is 39.5 Å². The number of hydrogen-bond donors (Lipinski definition) is 2. The summed E-state index contributed by atoms with van der Waals surface area (Å²) in [6.45, 7) is 6.50. The molecule has 3 aliphatic rings. The van der Waals surface area contributed by atoms with E-state index < -0.39 is 0 Å². The lowest BCUT2D eigenvalue weighted by Crippen LogP contribution is -2.39. The molecular weight excluding hydrogens is 196 g/mol. The minimum atomic E-state index is 0.315. The van der Waals surface area contributed by atoms with Crippen molar-refractivity contribution in [3.8, 4) is 0 Å². The Bertz CT molecular complexity index is 256. The number of nitrogens with two attached hydrogens (primary N) is 1. The van der Waals surface area contributed by atoms with Crippen molar-refractivity contribution in [2.75, 3.05) is 13.1 Å². The van der Waals surface area contributed by atoms with E-state index in [1.54, 1.807) is 6.42 Å². The van der Waals surface area contributed by atoms with Gasteiger partial charge in [-0.25, -0.2) is 0 Å². The lowest BCUT2D eigenvalue weighted by Gasteiger charge is -2.27. The molecule has 3 rings (SSSR count). The molecule has 3 N–H and O–H groups in total. The van der Waals surface area contributed by atoms with Crippen molar-refractivity contribution in [1.82, 2.24) is 5.32 Å². The zero-order valence-electron chi connectivity index (χ0n) is 10.7. The van der Waals surface area contributed by atoms with Gasteiger partial charge in [0.15, 0.2) is 0 Å². The van der Waals surface area contributed by atoms with Crippen LogP contribution in [0.15, 0.2) is 0 Å². The monoisotopic (exact) mass is 222 g/mol. The predicted octanol–water partition coefficient (Wildman–Crippen LogP) is 2.00. The minimum absolute atomic E-state index is 0.315. The Morgan fingerprint density at radius 3 is 2.38 bits per heavy atom. The fourth-order valence-corrected chi connectivity index (χ4v) is 4.30. The molecule has 0 aromatic heterocycles. The van der Waals surface area contributed by atoms with Gasteiger partial charge >= 0.3 is 0 Å². The highest BCUT2D eigenvalue weighted by molar-refractivity contribution is 5.16. The Labute approximate surface area is 99.4 Å². The van der Waals surface area contributed by atoms with Crippen molar-refractivity contribution < 1.29 is 0 Å². The quantitative estimate of drug-likeness (QED) is 0.746. The van der Waals surface area contributed by atoms with Gasteiger partial charge in [0.1, 0.15) is 0 Å². The summed E-state index contributed by atoms with van der Waals surface area (Å²) in [6, 6.07) is 0.865. The maximum atomic E-state index is 5.87. The van der Waals surface area contributed by atoms with E-state index in [0.29, 0.717) is 5.41 Å². The summed E-state index contributed by atoms with van der Waals surface area (Å²) >= 11 is 0. The molecule has 0 radical (unpaired) electrons. The highest BCUT2D eigenvalue weighted by Crippen LogP contribution is 2.65. The molecule has 0 spiro atoms. The molecule has 5 unspecified atom stereocenters. The molecule has 2 nitrogen and oxygen atoms in total. The van der Waals surface area contributed by atoms with Crippen LogP contribution in [0.2, 0.25) is 0 Å². The number of nitrogens with one attached hydrogen (secondary N) is 1. The number of fused-ring (bicyclic) bond motifs is 5. The fraction of sp³-hybridized carbons (Fsp3) is 1.00. The van der Waals surface area contributed by atoms with Crippen molar-refractivity contribution in [2.45, 2.75) is 45.6 Å². The van der Waals surface area contributed by atoms with E-state index in [1.807, 2.05) is 0 Å². The molecular formula is C14H26N2. The van der Waals surface area contributed by atoms with Crippen molar-refractivity contribution >= 4 is 0 Å². The van der Waals surface area contributed by atoms with Gasteiger partial charge in [-0.15, -0.1) is 0 Å². The van der Waals surface area contributed by atoms with Crippen LogP contribution in [0.25, 0.3) is 0 Å². The molecule has 0 aromatic rings. The van der Waals surface area contributed by atoms with Crippen LogP contribution in [-0.2, 0) is 0 Å². The molecule has 3 saturated carbocycles. The lowest BCUT2D eigenvalue weighted by atomic mass is 9.87. The van der Waals surface area contributed by atoms with Gasteiger partial charge in [0.2, 0.25) is 0 Å². The second-order valence-corrected chi connectivity index (χ2v) is 6.76. The molecule has 3 aliphatic carbocycles. The van der Waals surface area contributed by atoms with Gasteiger partial charge in [0, 0.05) is 12.6 Å². The van der Waals surface area contributed by atoms with Crippen LogP contribution in [-0.4, -0.2) is 19.1 Å². The first-order valence-electron chi connectivity index (χ1n) is 7.12. The molecule has 0 amide bonds. The summed E-state index contributed by atoms with van der Waals surface area (Å²) in [6.07, 6.45) is 5.78. The van der Waals surface area contributed by atoms with E-state index in [1.165, 1.54) is 19.3 Å². The third-order valence-corrected chi connectivity index (χ3v) is 5.85. The number of hydrogen-bond acceptors (Lipinski definition) is 2. The highest BCUT2D eigenvalue weighted by Gasteiger charge is 2.64. The zero-order chi connectivity index (χ0) is 11.3. The first kappa shape index (κ1) is 11.0. The Morgan fingerprint density at radius 2 is 1.88 bits per heavy atom. The topological polar surface area (TPSA) is 38.0 Å². The summed E-state index contributed by atoms with van der Waals surface area (Å²) in [4.78, 5) is 0. The van der Waals surface area contributed by atoms with Crippen molar-refractivity contribution in [3.63, 3.8) is 0 Å². The zero-order valence-corrected chi connectivity index (χ0v) is 10.7. The third-order valence-electron chi connectivity index (χ3n) is 5.85. The average molecular weight is 222 g/mol. The first-order chi connectivity index (χ1) is 7.68. The lowest BCUT2D eigenvalue weighted by molar-refractivity contribution is 0.291. The third kappa shape index (κ3) is 1.53. The van der Waals surface area contributed by atoms with Gasteiger partial charge in [0.25, 0.3) is 0 Å². The van der Waals surface area contributed by atoms with Crippen molar-refractivity contribution in [3.05, 3.63) is 0 Å². The molecule has 2 bridgehead atoms. The minimum Gasteiger partial charge on any atom is -0.330 e. The molecule has 0 aromatic carbocycles. The SMILES string of the molecule is CCC(C)(CN)CNC1C2C3CCC(C3)C12. The van der Waals surface area contributed by atoms with Crippen molar-refractivity contribution in [1.29, 1.82) is 0 Å². The van der Waals surface area contributed by atoms with Gasteiger partial charge in [-0.1, -0.05) is 13.8 Å². The van der Waals surface area contributed by atoms with Crippen LogP contribution in [0.3, 0.4) is 0 Å². The van der Waals surface area contributed by atoms with Gasteiger partial charge in [0.05, 0.1) is 0 Å². The summed E-state index contributed by atoms with van der Waals surface area (Å²) in [5.74, 6) is 4.27. The highest BCUT2D eigenvalue weighted by atomic mass is 15.0. The molecule has 3 fully saturated rings.